The number of rotatable bonds is 5. The molecule has 1 atom stereocenters. The van der Waals surface area contributed by atoms with Crippen LogP contribution in [0.3, 0.4) is 0 Å². The molecule has 1 N–H and O–H groups in total. The Labute approximate surface area is 105 Å². The molecule has 0 radical (unpaired) electrons. The molecule has 4 heteroatoms. The van der Waals surface area contributed by atoms with Gasteiger partial charge in [0.2, 0.25) is 5.91 Å². The lowest BCUT2D eigenvalue weighted by Gasteiger charge is -2.21. The fraction of sp³-hybridized carbons (Fsp3) is 0.909. The van der Waals surface area contributed by atoms with Crippen LogP contribution < -0.4 is 5.32 Å². The third kappa shape index (κ3) is 5.81. The van der Waals surface area contributed by atoms with E-state index in [-0.39, 0.29) is 5.91 Å². The van der Waals surface area contributed by atoms with Crippen molar-refractivity contribution in [3.63, 3.8) is 0 Å². The van der Waals surface area contributed by atoms with E-state index >= 15 is 0 Å². The molecule has 1 unspecified atom stereocenters. The first kappa shape index (κ1) is 13.4. The Morgan fingerprint density at radius 1 is 1.53 bits per heavy atom. The molecule has 1 aliphatic heterocycles. The summed E-state index contributed by atoms with van der Waals surface area (Å²) in [6.07, 6.45) is 4.16. The molecule has 0 bridgehead atoms. The maximum Gasteiger partial charge on any atom is 0.220 e. The van der Waals surface area contributed by atoms with Gasteiger partial charge in [0.15, 0.2) is 0 Å². The SMILES string of the molecule is CC(CCBr)NC(=O)CC1CCSCC1. The van der Waals surface area contributed by atoms with E-state index in [1.54, 1.807) is 0 Å². The largest absolute Gasteiger partial charge is 0.354 e. The number of amides is 1. The Bertz CT molecular complexity index is 195. The topological polar surface area (TPSA) is 29.1 Å². The van der Waals surface area contributed by atoms with Gasteiger partial charge in [0.25, 0.3) is 0 Å². The fourth-order valence-corrected chi connectivity index (χ4v) is 3.67. The fourth-order valence-electron chi connectivity index (χ4n) is 1.78. The minimum absolute atomic E-state index is 0.236. The van der Waals surface area contributed by atoms with Crippen LogP contribution in [-0.2, 0) is 4.79 Å². The smallest absolute Gasteiger partial charge is 0.220 e. The molecular weight excluding hydrogens is 274 g/mol. The van der Waals surface area contributed by atoms with E-state index in [1.807, 2.05) is 11.8 Å². The van der Waals surface area contributed by atoms with Crippen molar-refractivity contribution in [2.75, 3.05) is 16.8 Å². The summed E-state index contributed by atoms with van der Waals surface area (Å²) in [6.45, 7) is 2.07. The van der Waals surface area contributed by atoms with Crippen molar-refractivity contribution in [2.45, 2.75) is 38.6 Å². The summed E-state index contributed by atoms with van der Waals surface area (Å²) in [7, 11) is 0. The van der Waals surface area contributed by atoms with Crippen molar-refractivity contribution in [1.29, 1.82) is 0 Å². The number of carbonyl (C=O) groups excluding carboxylic acids is 1. The van der Waals surface area contributed by atoms with Crippen LogP contribution in [0.2, 0.25) is 0 Å². The molecule has 1 saturated heterocycles. The number of halogens is 1. The molecule has 0 spiro atoms. The van der Waals surface area contributed by atoms with Crippen molar-refractivity contribution in [1.82, 2.24) is 5.32 Å². The Kier molecular flexibility index (Phi) is 6.73. The third-order valence-electron chi connectivity index (χ3n) is 2.76. The van der Waals surface area contributed by atoms with Crippen LogP contribution in [-0.4, -0.2) is 28.8 Å². The van der Waals surface area contributed by atoms with Gasteiger partial charge in [-0.2, -0.15) is 11.8 Å². The van der Waals surface area contributed by atoms with Crippen molar-refractivity contribution in [3.05, 3.63) is 0 Å². The van der Waals surface area contributed by atoms with Crippen molar-refractivity contribution in [3.8, 4) is 0 Å². The zero-order valence-corrected chi connectivity index (χ0v) is 11.7. The van der Waals surface area contributed by atoms with Gasteiger partial charge < -0.3 is 5.32 Å². The van der Waals surface area contributed by atoms with Crippen LogP contribution in [0.4, 0.5) is 0 Å². The minimum atomic E-state index is 0.236. The van der Waals surface area contributed by atoms with E-state index in [0.29, 0.717) is 12.0 Å². The molecule has 1 aliphatic rings. The number of hydrogen-bond donors (Lipinski definition) is 1. The third-order valence-corrected chi connectivity index (χ3v) is 4.27. The van der Waals surface area contributed by atoms with Gasteiger partial charge in [-0.3, -0.25) is 4.79 Å². The molecule has 88 valence electrons. The summed E-state index contributed by atoms with van der Waals surface area (Å²) in [6, 6.07) is 0.301. The first-order valence-corrected chi connectivity index (χ1v) is 7.93. The summed E-state index contributed by atoms with van der Waals surface area (Å²) in [5.41, 5.74) is 0. The molecule has 0 aromatic heterocycles. The highest BCUT2D eigenvalue weighted by Crippen LogP contribution is 2.25. The van der Waals surface area contributed by atoms with Crippen molar-refractivity contribution >= 4 is 33.6 Å². The second kappa shape index (κ2) is 7.55. The number of carbonyl (C=O) groups is 1. The lowest BCUT2D eigenvalue weighted by atomic mass is 9.98. The van der Waals surface area contributed by atoms with Crippen molar-refractivity contribution in [2.24, 2.45) is 5.92 Å². The first-order chi connectivity index (χ1) is 7.22. The molecule has 0 saturated carbocycles. The van der Waals surface area contributed by atoms with E-state index in [0.717, 1.165) is 18.2 Å². The Hall–Kier alpha value is 0.300. The van der Waals surface area contributed by atoms with Crippen LogP contribution in [0.5, 0.6) is 0 Å². The maximum absolute atomic E-state index is 11.7. The number of nitrogens with one attached hydrogen (secondary N) is 1. The highest BCUT2D eigenvalue weighted by Gasteiger charge is 2.17. The lowest BCUT2D eigenvalue weighted by molar-refractivity contribution is -0.122. The lowest BCUT2D eigenvalue weighted by Crippen LogP contribution is -2.34. The summed E-state index contributed by atoms with van der Waals surface area (Å²) in [5.74, 6) is 3.33. The van der Waals surface area contributed by atoms with Crippen molar-refractivity contribution < 1.29 is 4.79 Å². The predicted molar refractivity (Wildman–Crippen MR) is 70.7 cm³/mol. The zero-order chi connectivity index (χ0) is 11.1. The standard InChI is InChI=1S/C11H20BrNOS/c1-9(2-5-12)13-11(14)8-10-3-6-15-7-4-10/h9-10H,2-8H2,1H3,(H,13,14). The van der Waals surface area contributed by atoms with E-state index in [2.05, 4.69) is 28.2 Å². The maximum atomic E-state index is 11.7. The van der Waals surface area contributed by atoms with Gasteiger partial charge in [0.1, 0.15) is 0 Å². The number of hydrogen-bond acceptors (Lipinski definition) is 2. The van der Waals surface area contributed by atoms with Gasteiger partial charge in [-0.25, -0.2) is 0 Å². The van der Waals surface area contributed by atoms with Gasteiger partial charge in [0, 0.05) is 17.8 Å². The highest BCUT2D eigenvalue weighted by molar-refractivity contribution is 9.09. The highest BCUT2D eigenvalue weighted by atomic mass is 79.9. The van der Waals surface area contributed by atoms with Crippen LogP contribution in [0.15, 0.2) is 0 Å². The van der Waals surface area contributed by atoms with Gasteiger partial charge in [-0.05, 0) is 43.6 Å². The normalized spacial score (nSPS) is 19.9. The molecule has 1 rings (SSSR count). The van der Waals surface area contributed by atoms with E-state index in [1.165, 1.54) is 24.3 Å². The van der Waals surface area contributed by atoms with Gasteiger partial charge in [0.05, 0.1) is 0 Å². The zero-order valence-electron chi connectivity index (χ0n) is 9.30. The second-order valence-corrected chi connectivity index (χ2v) is 6.22. The molecule has 1 fully saturated rings. The summed E-state index contributed by atoms with van der Waals surface area (Å²) in [5, 5.41) is 4.01. The quantitative estimate of drug-likeness (QED) is 0.790. The van der Waals surface area contributed by atoms with E-state index < -0.39 is 0 Å². The predicted octanol–water partition coefficient (Wildman–Crippen LogP) is 2.81. The molecule has 0 aliphatic carbocycles. The Morgan fingerprint density at radius 3 is 2.80 bits per heavy atom. The van der Waals surface area contributed by atoms with E-state index in [9.17, 15) is 4.79 Å². The minimum Gasteiger partial charge on any atom is -0.354 e. The monoisotopic (exact) mass is 293 g/mol. The average Bonchev–Trinajstić information content (AvgIpc) is 2.19. The molecule has 1 amide bonds. The van der Waals surface area contributed by atoms with E-state index in [4.69, 9.17) is 0 Å². The summed E-state index contributed by atoms with van der Waals surface area (Å²) in [4.78, 5) is 11.7. The average molecular weight is 294 g/mol. The molecule has 0 aromatic rings. The van der Waals surface area contributed by atoms with Crippen LogP contribution >= 0.6 is 27.7 Å². The van der Waals surface area contributed by atoms with Gasteiger partial charge in [-0.1, -0.05) is 15.9 Å². The van der Waals surface area contributed by atoms with Crippen LogP contribution in [0, 0.1) is 5.92 Å². The molecule has 0 aromatic carbocycles. The molecule has 1 heterocycles. The first-order valence-electron chi connectivity index (χ1n) is 5.65. The second-order valence-electron chi connectivity index (χ2n) is 4.21. The molecule has 15 heavy (non-hydrogen) atoms. The molecular formula is C11H20BrNOS. The Balaban J connectivity index is 2.16. The Morgan fingerprint density at radius 2 is 2.20 bits per heavy atom. The van der Waals surface area contributed by atoms with Crippen LogP contribution in [0.25, 0.3) is 0 Å². The van der Waals surface area contributed by atoms with Crippen LogP contribution in [0.1, 0.15) is 32.6 Å². The number of alkyl halides is 1. The number of thioether (sulfide) groups is 1. The molecule has 2 nitrogen and oxygen atoms in total. The van der Waals surface area contributed by atoms with Gasteiger partial charge >= 0.3 is 0 Å². The summed E-state index contributed by atoms with van der Waals surface area (Å²) >= 11 is 5.39. The summed E-state index contributed by atoms with van der Waals surface area (Å²) < 4.78 is 0. The van der Waals surface area contributed by atoms with Gasteiger partial charge in [-0.15, -0.1) is 0 Å².